The van der Waals surface area contributed by atoms with E-state index < -0.39 is 0 Å². The van der Waals surface area contributed by atoms with E-state index in [2.05, 4.69) is 43.1 Å². The number of halogens is 1. The van der Waals surface area contributed by atoms with E-state index in [9.17, 15) is 4.79 Å². The fourth-order valence-electron chi connectivity index (χ4n) is 3.56. The van der Waals surface area contributed by atoms with Gasteiger partial charge in [-0.1, -0.05) is 44.5 Å². The molecule has 1 amide bonds. The molecule has 0 aliphatic carbocycles. The summed E-state index contributed by atoms with van der Waals surface area (Å²) in [7, 11) is 0. The predicted molar refractivity (Wildman–Crippen MR) is 121 cm³/mol. The SMILES string of the molecule is CC[C@H](C)c1ccc(OCC(=O)Nc2ccc(N3CCC(C)CC3)c(Cl)c2)cc1. The molecule has 29 heavy (non-hydrogen) atoms. The Hall–Kier alpha value is -2.20. The number of ether oxygens (including phenoxy) is 1. The molecule has 0 radical (unpaired) electrons. The van der Waals surface area contributed by atoms with E-state index in [0.29, 0.717) is 22.4 Å². The van der Waals surface area contributed by atoms with Crippen LogP contribution in [0.3, 0.4) is 0 Å². The second kappa shape index (κ2) is 10.0. The molecule has 156 valence electrons. The first-order valence-corrected chi connectivity index (χ1v) is 10.9. The molecule has 3 rings (SSSR count). The van der Waals surface area contributed by atoms with Gasteiger partial charge in [-0.15, -0.1) is 0 Å². The van der Waals surface area contributed by atoms with Crippen LogP contribution < -0.4 is 15.0 Å². The number of carbonyl (C=O) groups excluding carboxylic acids is 1. The van der Waals surface area contributed by atoms with Crippen LogP contribution in [0, 0.1) is 5.92 Å². The van der Waals surface area contributed by atoms with Crippen molar-refractivity contribution in [2.75, 3.05) is 29.9 Å². The number of piperidine rings is 1. The lowest BCUT2D eigenvalue weighted by atomic mass is 9.99. The molecule has 1 aliphatic heterocycles. The monoisotopic (exact) mass is 414 g/mol. The zero-order valence-electron chi connectivity index (χ0n) is 17.6. The third-order valence-electron chi connectivity index (χ3n) is 5.79. The van der Waals surface area contributed by atoms with Crippen molar-refractivity contribution >= 4 is 28.9 Å². The smallest absolute Gasteiger partial charge is 0.262 e. The summed E-state index contributed by atoms with van der Waals surface area (Å²) < 4.78 is 5.61. The second-order valence-electron chi connectivity index (χ2n) is 8.05. The second-order valence-corrected chi connectivity index (χ2v) is 8.46. The highest BCUT2D eigenvalue weighted by Gasteiger charge is 2.18. The van der Waals surface area contributed by atoms with Gasteiger partial charge in [0.05, 0.1) is 10.7 Å². The van der Waals surface area contributed by atoms with Crippen molar-refractivity contribution in [2.45, 2.75) is 46.0 Å². The predicted octanol–water partition coefficient (Wildman–Crippen LogP) is 6.11. The summed E-state index contributed by atoms with van der Waals surface area (Å²) in [6.07, 6.45) is 3.47. The fraction of sp³-hybridized carbons (Fsp3) is 0.458. The van der Waals surface area contributed by atoms with E-state index in [1.54, 1.807) is 0 Å². The Labute approximate surface area is 179 Å². The molecule has 1 saturated heterocycles. The van der Waals surface area contributed by atoms with Crippen molar-refractivity contribution in [3.63, 3.8) is 0 Å². The van der Waals surface area contributed by atoms with Gasteiger partial charge in [-0.05, 0) is 67.0 Å². The minimum Gasteiger partial charge on any atom is -0.484 e. The highest BCUT2D eigenvalue weighted by molar-refractivity contribution is 6.33. The van der Waals surface area contributed by atoms with Crippen LogP contribution in [0.25, 0.3) is 0 Å². The van der Waals surface area contributed by atoms with E-state index in [4.69, 9.17) is 16.3 Å². The number of nitrogens with one attached hydrogen (secondary N) is 1. The van der Waals surface area contributed by atoms with Gasteiger partial charge in [0, 0.05) is 18.8 Å². The standard InChI is InChI=1S/C24H31ClN2O2/c1-4-18(3)19-5-8-21(9-6-19)29-16-24(28)26-20-7-10-23(22(25)15-20)27-13-11-17(2)12-14-27/h5-10,15,17-18H,4,11-14,16H2,1-3H3,(H,26,28)/t18-/m0/s1. The first-order chi connectivity index (χ1) is 14.0. The lowest BCUT2D eigenvalue weighted by molar-refractivity contribution is -0.118. The number of carbonyl (C=O) groups is 1. The van der Waals surface area contributed by atoms with Crippen molar-refractivity contribution in [1.82, 2.24) is 0 Å². The average molecular weight is 415 g/mol. The van der Waals surface area contributed by atoms with Crippen molar-refractivity contribution < 1.29 is 9.53 Å². The molecule has 4 nitrogen and oxygen atoms in total. The Kier molecular flexibility index (Phi) is 7.43. The first-order valence-electron chi connectivity index (χ1n) is 10.5. The maximum atomic E-state index is 12.3. The van der Waals surface area contributed by atoms with Gasteiger partial charge in [0.2, 0.25) is 0 Å². The zero-order chi connectivity index (χ0) is 20.8. The Morgan fingerprint density at radius 1 is 1.21 bits per heavy atom. The Bertz CT molecular complexity index is 814. The van der Waals surface area contributed by atoms with Crippen LogP contribution in [0.1, 0.15) is 51.5 Å². The summed E-state index contributed by atoms with van der Waals surface area (Å²) in [5, 5.41) is 3.53. The summed E-state index contributed by atoms with van der Waals surface area (Å²) in [5.41, 5.74) is 3.00. The number of anilines is 2. The van der Waals surface area contributed by atoms with Crippen LogP contribution >= 0.6 is 11.6 Å². The van der Waals surface area contributed by atoms with Crippen LogP contribution in [0.15, 0.2) is 42.5 Å². The third-order valence-corrected chi connectivity index (χ3v) is 6.09. The molecule has 1 N–H and O–H groups in total. The lowest BCUT2D eigenvalue weighted by Gasteiger charge is -2.32. The molecule has 0 saturated carbocycles. The molecule has 2 aromatic rings. The van der Waals surface area contributed by atoms with E-state index in [1.165, 1.54) is 18.4 Å². The molecule has 2 aromatic carbocycles. The molecule has 0 spiro atoms. The van der Waals surface area contributed by atoms with Crippen molar-refractivity contribution in [3.05, 3.63) is 53.1 Å². The normalized spacial score (nSPS) is 15.8. The van der Waals surface area contributed by atoms with Gasteiger partial charge in [-0.2, -0.15) is 0 Å². The van der Waals surface area contributed by atoms with E-state index in [0.717, 1.165) is 31.1 Å². The Morgan fingerprint density at radius 2 is 1.90 bits per heavy atom. The van der Waals surface area contributed by atoms with Crippen molar-refractivity contribution in [3.8, 4) is 5.75 Å². The molecule has 1 heterocycles. The number of amides is 1. The maximum Gasteiger partial charge on any atom is 0.262 e. The molecule has 0 aromatic heterocycles. The van der Waals surface area contributed by atoms with Gasteiger partial charge in [0.25, 0.3) is 5.91 Å². The molecular weight excluding hydrogens is 384 g/mol. The number of benzene rings is 2. The number of nitrogens with zero attached hydrogens (tertiary/aromatic N) is 1. The minimum atomic E-state index is -0.202. The van der Waals surface area contributed by atoms with Gasteiger partial charge in [-0.25, -0.2) is 0 Å². The molecular formula is C24H31ClN2O2. The highest BCUT2D eigenvalue weighted by atomic mass is 35.5. The summed E-state index contributed by atoms with van der Waals surface area (Å²) in [6.45, 7) is 8.68. The molecule has 1 atom stereocenters. The molecule has 0 unspecified atom stereocenters. The average Bonchev–Trinajstić information content (AvgIpc) is 2.73. The quantitative estimate of drug-likeness (QED) is 0.594. The van der Waals surface area contributed by atoms with Gasteiger partial charge >= 0.3 is 0 Å². The van der Waals surface area contributed by atoms with Gasteiger partial charge in [-0.3, -0.25) is 4.79 Å². The van der Waals surface area contributed by atoms with Crippen LogP contribution in [0.5, 0.6) is 5.75 Å². The van der Waals surface area contributed by atoms with Crippen LogP contribution in [-0.2, 0) is 4.79 Å². The topological polar surface area (TPSA) is 41.6 Å². The fourth-order valence-corrected chi connectivity index (χ4v) is 3.86. The molecule has 5 heteroatoms. The van der Waals surface area contributed by atoms with Gasteiger partial charge in [0.15, 0.2) is 6.61 Å². The summed E-state index contributed by atoms with van der Waals surface area (Å²) >= 11 is 6.48. The lowest BCUT2D eigenvalue weighted by Crippen LogP contribution is -2.32. The minimum absolute atomic E-state index is 0.0357. The largest absolute Gasteiger partial charge is 0.484 e. The molecule has 1 aliphatic rings. The zero-order valence-corrected chi connectivity index (χ0v) is 18.3. The van der Waals surface area contributed by atoms with E-state index in [1.807, 2.05) is 30.3 Å². The van der Waals surface area contributed by atoms with Crippen molar-refractivity contribution in [1.29, 1.82) is 0 Å². The molecule has 0 bridgehead atoms. The number of hydrogen-bond acceptors (Lipinski definition) is 3. The highest BCUT2D eigenvalue weighted by Crippen LogP contribution is 2.31. The maximum absolute atomic E-state index is 12.3. The summed E-state index contributed by atoms with van der Waals surface area (Å²) in [5.74, 6) is 1.79. The molecule has 1 fully saturated rings. The summed E-state index contributed by atoms with van der Waals surface area (Å²) in [4.78, 5) is 14.6. The Morgan fingerprint density at radius 3 is 2.52 bits per heavy atom. The Balaban J connectivity index is 1.52. The van der Waals surface area contributed by atoms with E-state index in [-0.39, 0.29) is 12.5 Å². The summed E-state index contributed by atoms with van der Waals surface area (Å²) in [6, 6.07) is 13.6. The number of rotatable bonds is 7. The van der Waals surface area contributed by atoms with E-state index >= 15 is 0 Å². The van der Waals surface area contributed by atoms with Crippen LogP contribution in [0.4, 0.5) is 11.4 Å². The third kappa shape index (κ3) is 5.89. The van der Waals surface area contributed by atoms with Crippen molar-refractivity contribution in [2.24, 2.45) is 5.92 Å². The van der Waals surface area contributed by atoms with Gasteiger partial charge in [0.1, 0.15) is 5.75 Å². The number of hydrogen-bond donors (Lipinski definition) is 1. The van der Waals surface area contributed by atoms with Crippen LogP contribution in [-0.4, -0.2) is 25.6 Å². The van der Waals surface area contributed by atoms with Crippen LogP contribution in [0.2, 0.25) is 5.02 Å². The van der Waals surface area contributed by atoms with Gasteiger partial charge < -0.3 is 15.0 Å². The first kappa shape index (κ1) is 21.5.